The van der Waals surface area contributed by atoms with E-state index >= 15 is 0 Å². The molecule has 1 aliphatic rings. The Morgan fingerprint density at radius 3 is 2.28 bits per heavy atom. The summed E-state index contributed by atoms with van der Waals surface area (Å²) in [5.41, 5.74) is 4.17. The third-order valence-corrected chi connectivity index (χ3v) is 8.25. The third kappa shape index (κ3) is 7.89. The summed E-state index contributed by atoms with van der Waals surface area (Å²) in [7, 11) is 1.87. The van der Waals surface area contributed by atoms with E-state index in [1.807, 2.05) is 36.4 Å². The maximum Gasteiger partial charge on any atom is 0.323 e. The first-order chi connectivity index (χ1) is 21.7. The zero-order valence-corrected chi connectivity index (χ0v) is 28.7. The number of rotatable bonds is 8. The van der Waals surface area contributed by atoms with Gasteiger partial charge in [-0.3, -0.25) is 19.2 Å². The smallest absolute Gasteiger partial charge is 0.323 e. The molecule has 12 heteroatoms. The van der Waals surface area contributed by atoms with Gasteiger partial charge in [0.1, 0.15) is 5.69 Å². The highest BCUT2D eigenvalue weighted by Gasteiger charge is 2.32. The Bertz CT molecular complexity index is 1620. The van der Waals surface area contributed by atoms with Crippen LogP contribution in [0.1, 0.15) is 92.7 Å². The molecule has 0 saturated heterocycles. The number of hydrogen-bond acceptors (Lipinski definition) is 8. The summed E-state index contributed by atoms with van der Waals surface area (Å²) in [5, 5.41) is 15.8. The largest absolute Gasteiger partial charge is 0.351 e. The number of hydrogen-bond donors (Lipinski definition) is 2. The van der Waals surface area contributed by atoms with Crippen molar-refractivity contribution in [2.75, 3.05) is 16.8 Å². The van der Waals surface area contributed by atoms with Gasteiger partial charge in [0.05, 0.1) is 30.0 Å². The first kappa shape index (κ1) is 33.0. The fourth-order valence-corrected chi connectivity index (χ4v) is 5.64. The van der Waals surface area contributed by atoms with Gasteiger partial charge in [-0.15, -0.1) is 0 Å². The highest BCUT2D eigenvalue weighted by Crippen LogP contribution is 2.33. The van der Waals surface area contributed by atoms with Crippen molar-refractivity contribution in [1.82, 2.24) is 44.8 Å². The second-order valence-corrected chi connectivity index (χ2v) is 14.9. The Morgan fingerprint density at radius 2 is 1.72 bits per heavy atom. The Balaban J connectivity index is 1.32. The molecule has 0 atom stereocenters. The highest BCUT2D eigenvalue weighted by atomic mass is 16.2. The normalized spacial score (nSPS) is 17.3. The molecule has 4 heterocycles. The fourth-order valence-electron chi connectivity index (χ4n) is 5.64. The summed E-state index contributed by atoms with van der Waals surface area (Å²) in [5.74, 6) is 1.14. The number of carbonyl (C=O) groups excluding carboxylic acids is 1. The average Bonchev–Trinajstić information content (AvgIpc) is 3.67. The second kappa shape index (κ2) is 13.2. The van der Waals surface area contributed by atoms with Crippen molar-refractivity contribution in [2.45, 2.75) is 105 Å². The van der Waals surface area contributed by atoms with Gasteiger partial charge in [-0.1, -0.05) is 41.5 Å². The van der Waals surface area contributed by atoms with Gasteiger partial charge in [-0.2, -0.15) is 10.2 Å². The molecule has 46 heavy (non-hydrogen) atoms. The van der Waals surface area contributed by atoms with E-state index in [1.54, 1.807) is 28.2 Å². The fraction of sp³-hybridized carbons (Fsp3) is 0.559. The minimum absolute atomic E-state index is 0.0173. The quantitative estimate of drug-likeness (QED) is 0.230. The molecule has 5 rings (SSSR count). The zero-order chi connectivity index (χ0) is 33.2. The van der Waals surface area contributed by atoms with Crippen molar-refractivity contribution in [2.24, 2.45) is 12.5 Å². The number of urea groups is 1. The Hall–Kier alpha value is -4.35. The number of nitrogens with zero attached hydrogens (tertiary/aromatic N) is 9. The number of anilines is 2. The summed E-state index contributed by atoms with van der Waals surface area (Å²) >= 11 is 0. The molecule has 0 unspecified atom stereocenters. The number of carbonyl (C=O) groups is 1. The third-order valence-electron chi connectivity index (χ3n) is 8.25. The summed E-state index contributed by atoms with van der Waals surface area (Å²) in [6.45, 7) is 17.6. The molecule has 0 spiro atoms. The van der Waals surface area contributed by atoms with Crippen LogP contribution in [0.15, 0.2) is 43.2 Å². The standard InChI is InChI=1S/C34H49N11O/c1-22(2)44-15-14-27(42-44)30-26(34(6,7)8)17-37-31(41-30)40-24-10-12-25(13-11-24)45(32(46)38-21-33(3,4)5)29-19-35-28(18-36-29)23-16-39-43(9)20-23/h14-20,22,24-25H,10-13,21H2,1-9H3,(H,38,46)(H,37,40,41). The molecule has 0 radical (unpaired) electrons. The van der Waals surface area contributed by atoms with E-state index in [0.29, 0.717) is 24.0 Å². The van der Waals surface area contributed by atoms with E-state index < -0.39 is 0 Å². The van der Waals surface area contributed by atoms with E-state index in [-0.39, 0.29) is 35.0 Å². The SMILES string of the molecule is CC(C)n1ccc(-c2nc(NC3CCC(N(C(=O)NCC(C)(C)C)c4cnc(-c5cnn(C)c5)cn4)CC3)ncc2C(C)(C)C)n1. The lowest BCUT2D eigenvalue weighted by atomic mass is 9.86. The van der Waals surface area contributed by atoms with Gasteiger partial charge in [0.15, 0.2) is 5.82 Å². The number of aryl methyl sites for hydroxylation is 1. The van der Waals surface area contributed by atoms with Crippen LogP contribution in [-0.4, -0.2) is 64.2 Å². The molecule has 2 amide bonds. The minimum atomic E-state index is -0.152. The Morgan fingerprint density at radius 1 is 0.978 bits per heavy atom. The van der Waals surface area contributed by atoms with Gasteiger partial charge in [0, 0.05) is 61.4 Å². The molecule has 1 aliphatic carbocycles. The van der Waals surface area contributed by atoms with E-state index in [2.05, 4.69) is 76.1 Å². The molecule has 0 bridgehead atoms. The van der Waals surface area contributed by atoms with Gasteiger partial charge in [0.2, 0.25) is 5.95 Å². The van der Waals surface area contributed by atoms with E-state index in [0.717, 1.165) is 48.2 Å². The molecule has 4 aromatic rings. The van der Waals surface area contributed by atoms with Crippen molar-refractivity contribution >= 4 is 17.8 Å². The minimum Gasteiger partial charge on any atom is -0.351 e. The van der Waals surface area contributed by atoms with Crippen molar-refractivity contribution < 1.29 is 4.79 Å². The first-order valence-corrected chi connectivity index (χ1v) is 16.3. The van der Waals surface area contributed by atoms with Crippen LogP contribution in [0, 0.1) is 5.41 Å². The highest BCUT2D eigenvalue weighted by molar-refractivity contribution is 5.91. The Labute approximate surface area is 272 Å². The van der Waals surface area contributed by atoms with Crippen molar-refractivity contribution in [3.63, 3.8) is 0 Å². The van der Waals surface area contributed by atoms with Crippen LogP contribution >= 0.6 is 0 Å². The monoisotopic (exact) mass is 627 g/mol. The van der Waals surface area contributed by atoms with Crippen LogP contribution in [0.5, 0.6) is 0 Å². The lowest BCUT2D eigenvalue weighted by Gasteiger charge is -2.37. The van der Waals surface area contributed by atoms with Crippen molar-refractivity contribution in [1.29, 1.82) is 0 Å². The van der Waals surface area contributed by atoms with Crippen LogP contribution in [0.4, 0.5) is 16.6 Å². The molecule has 2 N–H and O–H groups in total. The van der Waals surface area contributed by atoms with Gasteiger partial charge in [0.25, 0.3) is 0 Å². The van der Waals surface area contributed by atoms with Crippen LogP contribution in [-0.2, 0) is 12.5 Å². The summed E-state index contributed by atoms with van der Waals surface area (Å²) in [6.07, 6.45) is 14.3. The van der Waals surface area contributed by atoms with Gasteiger partial charge in [-0.05, 0) is 56.4 Å². The molecule has 246 valence electrons. The molecule has 12 nitrogen and oxygen atoms in total. The van der Waals surface area contributed by atoms with Crippen LogP contribution in [0.25, 0.3) is 22.6 Å². The predicted octanol–water partition coefficient (Wildman–Crippen LogP) is 6.39. The molecular weight excluding hydrogens is 578 g/mol. The number of nitrogens with one attached hydrogen (secondary N) is 2. The molecule has 0 aliphatic heterocycles. The molecule has 0 aromatic carbocycles. The van der Waals surface area contributed by atoms with Crippen LogP contribution in [0.2, 0.25) is 0 Å². The summed E-state index contributed by atoms with van der Waals surface area (Å²) < 4.78 is 3.69. The van der Waals surface area contributed by atoms with Gasteiger partial charge < -0.3 is 10.6 Å². The maximum atomic E-state index is 13.6. The molecule has 1 saturated carbocycles. The van der Waals surface area contributed by atoms with Gasteiger partial charge >= 0.3 is 6.03 Å². The first-order valence-electron chi connectivity index (χ1n) is 16.3. The molecule has 4 aromatic heterocycles. The number of aromatic nitrogens is 8. The van der Waals surface area contributed by atoms with E-state index in [1.165, 1.54) is 0 Å². The molecular formula is C34H49N11O. The van der Waals surface area contributed by atoms with E-state index in [9.17, 15) is 4.79 Å². The lowest BCUT2D eigenvalue weighted by Crippen LogP contribution is -2.50. The predicted molar refractivity (Wildman–Crippen MR) is 182 cm³/mol. The van der Waals surface area contributed by atoms with E-state index in [4.69, 9.17) is 20.1 Å². The molecule has 1 fully saturated rings. The van der Waals surface area contributed by atoms with Crippen LogP contribution in [0.3, 0.4) is 0 Å². The Kier molecular flexibility index (Phi) is 9.46. The zero-order valence-electron chi connectivity index (χ0n) is 28.7. The summed E-state index contributed by atoms with van der Waals surface area (Å²) in [6, 6.07) is 2.30. The van der Waals surface area contributed by atoms with Crippen molar-refractivity contribution in [3.8, 4) is 22.6 Å². The summed E-state index contributed by atoms with van der Waals surface area (Å²) in [4.78, 5) is 34.5. The average molecular weight is 628 g/mol. The van der Waals surface area contributed by atoms with Crippen molar-refractivity contribution in [3.05, 3.63) is 48.8 Å². The second-order valence-electron chi connectivity index (χ2n) is 14.9. The van der Waals surface area contributed by atoms with Gasteiger partial charge in [-0.25, -0.2) is 19.7 Å². The van der Waals surface area contributed by atoms with Crippen LogP contribution < -0.4 is 15.5 Å². The topological polar surface area (TPSA) is 132 Å². The number of amides is 2. The lowest BCUT2D eigenvalue weighted by molar-refractivity contribution is 0.235. The maximum absolute atomic E-state index is 13.6.